The molecule has 0 rings (SSSR count). The first-order chi connectivity index (χ1) is 5.36. The molecule has 0 radical (unpaired) electrons. The second kappa shape index (κ2) is 9.69. The molecule has 2 N–H and O–H groups in total. The molecule has 0 aliphatic carbocycles. The van der Waals surface area contributed by atoms with Crippen molar-refractivity contribution in [3.05, 3.63) is 0 Å². The highest BCUT2D eigenvalue weighted by Crippen LogP contribution is 2.09. The zero-order valence-corrected chi connectivity index (χ0v) is 9.48. The molecule has 0 aliphatic heterocycles. The summed E-state index contributed by atoms with van der Waals surface area (Å²) in [6.07, 6.45) is 2.04. The van der Waals surface area contributed by atoms with E-state index in [9.17, 15) is 0 Å². The molecule has 0 saturated heterocycles. The first kappa shape index (κ1) is 15.1. The highest BCUT2D eigenvalue weighted by molar-refractivity contribution is 7.30. The summed E-state index contributed by atoms with van der Waals surface area (Å²) in [6.45, 7) is 3.97. The number of hydrogen-bond donors (Lipinski definition) is 2. The Labute approximate surface area is 83.6 Å². The molecule has 0 bridgehead atoms. The van der Waals surface area contributed by atoms with Gasteiger partial charge in [-0.3, -0.25) is 0 Å². The summed E-state index contributed by atoms with van der Waals surface area (Å²) in [6, 6.07) is 0. The molecule has 0 heterocycles. The van der Waals surface area contributed by atoms with Crippen LogP contribution in [0.4, 0.5) is 0 Å². The summed E-state index contributed by atoms with van der Waals surface area (Å²) in [7, 11) is -2.87. The van der Waals surface area contributed by atoms with E-state index in [0.717, 1.165) is 12.8 Å². The van der Waals surface area contributed by atoms with Crippen molar-refractivity contribution in [1.82, 2.24) is 0 Å². The third kappa shape index (κ3) is 31.2. The molecule has 0 spiro atoms. The molecule has 0 aromatic carbocycles. The van der Waals surface area contributed by atoms with Gasteiger partial charge in [0, 0.05) is 15.3 Å². The third-order valence-corrected chi connectivity index (χ3v) is 1.40. The van der Waals surface area contributed by atoms with Crippen molar-refractivity contribution in [3.8, 4) is 0 Å². The topological polar surface area (TPSA) is 57.5 Å². The number of alkyl halides is 2. The smallest absolute Gasteiger partial charge is 0.134 e. The van der Waals surface area contributed by atoms with Crippen LogP contribution in [0, 0.1) is 0 Å². The summed E-state index contributed by atoms with van der Waals surface area (Å²) in [5, 5.41) is 0.549. The Kier molecular flexibility index (Phi) is 12.2. The molecule has 0 saturated carbocycles. The summed E-state index contributed by atoms with van der Waals surface area (Å²) in [4.78, 5) is 14.2. The zero-order chi connectivity index (χ0) is 10.1. The van der Waals surface area contributed by atoms with Gasteiger partial charge in [0.2, 0.25) is 0 Å². The minimum Gasteiger partial charge on any atom is -0.134 e. The summed E-state index contributed by atoms with van der Waals surface area (Å²) >= 11 is 11.3. The molecular formula is C6H14Cl2O3P+. The molecule has 0 aromatic heterocycles. The highest BCUT2D eigenvalue weighted by Gasteiger charge is 1.99. The highest BCUT2D eigenvalue weighted by atomic mass is 35.5. The Morgan fingerprint density at radius 2 is 1.33 bits per heavy atom. The van der Waals surface area contributed by atoms with Crippen molar-refractivity contribution in [2.24, 2.45) is 0 Å². The summed E-state index contributed by atoms with van der Waals surface area (Å²) < 4.78 is 8.70. The average Bonchev–Trinajstić information content (AvgIpc) is 1.82. The Morgan fingerprint density at radius 3 is 1.42 bits per heavy atom. The zero-order valence-electron chi connectivity index (χ0n) is 7.07. The van der Waals surface area contributed by atoms with Crippen molar-refractivity contribution in [1.29, 1.82) is 0 Å². The second-order valence-corrected chi connectivity index (χ2v) is 4.39. The van der Waals surface area contributed by atoms with Gasteiger partial charge in [-0.15, -0.1) is 33.0 Å². The Balaban J connectivity index is 0. The number of halogens is 2. The molecule has 0 aliphatic rings. The van der Waals surface area contributed by atoms with E-state index in [-0.39, 0.29) is 10.8 Å². The average molecular weight is 236 g/mol. The van der Waals surface area contributed by atoms with E-state index in [0.29, 0.717) is 0 Å². The van der Waals surface area contributed by atoms with E-state index in [1.54, 1.807) is 0 Å². The fourth-order valence-electron chi connectivity index (χ4n) is 0.459. The first-order valence-corrected chi connectivity index (χ1v) is 5.53. The molecule has 0 aromatic rings. The first-order valence-electron chi connectivity index (χ1n) is 3.49. The minimum absolute atomic E-state index is 0.274. The van der Waals surface area contributed by atoms with Crippen LogP contribution in [0.25, 0.3) is 0 Å². The molecule has 0 amide bonds. The number of rotatable bonds is 3. The van der Waals surface area contributed by atoms with Crippen LogP contribution >= 0.6 is 31.5 Å². The van der Waals surface area contributed by atoms with Crippen molar-refractivity contribution in [2.45, 2.75) is 37.4 Å². The van der Waals surface area contributed by atoms with Gasteiger partial charge in [0.15, 0.2) is 0 Å². The fraction of sp³-hybridized carbons (Fsp3) is 1.00. The van der Waals surface area contributed by atoms with Crippen LogP contribution in [0.3, 0.4) is 0 Å². The van der Waals surface area contributed by atoms with Crippen molar-refractivity contribution in [3.63, 3.8) is 0 Å². The van der Waals surface area contributed by atoms with Gasteiger partial charge in [0.25, 0.3) is 0 Å². The maximum atomic E-state index is 8.70. The Bertz CT molecular complexity index is 107. The van der Waals surface area contributed by atoms with E-state index in [4.69, 9.17) is 37.6 Å². The lowest BCUT2D eigenvalue weighted by Crippen LogP contribution is -1.96. The lowest BCUT2D eigenvalue weighted by molar-refractivity contribution is 0.405. The van der Waals surface area contributed by atoms with Crippen molar-refractivity contribution < 1.29 is 14.4 Å². The Hall–Kier alpha value is 0.600. The van der Waals surface area contributed by atoms with Crippen LogP contribution in [0.15, 0.2) is 0 Å². The van der Waals surface area contributed by atoms with Gasteiger partial charge < -0.3 is 0 Å². The van der Waals surface area contributed by atoms with Crippen molar-refractivity contribution in [2.75, 3.05) is 0 Å². The molecule has 0 fully saturated rings. The maximum absolute atomic E-state index is 8.70. The van der Waals surface area contributed by atoms with Gasteiger partial charge >= 0.3 is 8.25 Å². The van der Waals surface area contributed by atoms with Crippen LogP contribution < -0.4 is 0 Å². The van der Waals surface area contributed by atoms with Crippen LogP contribution in [-0.4, -0.2) is 20.5 Å². The van der Waals surface area contributed by atoms with E-state index in [1.807, 2.05) is 13.8 Å². The van der Waals surface area contributed by atoms with E-state index in [2.05, 4.69) is 0 Å². The van der Waals surface area contributed by atoms with E-state index >= 15 is 0 Å². The molecule has 2 unspecified atom stereocenters. The van der Waals surface area contributed by atoms with Gasteiger partial charge in [-0.25, -0.2) is 0 Å². The van der Waals surface area contributed by atoms with Gasteiger partial charge in [-0.2, -0.15) is 0 Å². The molecule has 2 atom stereocenters. The Morgan fingerprint density at radius 1 is 1.17 bits per heavy atom. The van der Waals surface area contributed by atoms with Gasteiger partial charge in [-0.05, 0) is 26.7 Å². The fourth-order valence-corrected chi connectivity index (χ4v) is 0.711. The van der Waals surface area contributed by atoms with Gasteiger partial charge in [0.1, 0.15) is 0 Å². The quantitative estimate of drug-likeness (QED) is 0.585. The second-order valence-electron chi connectivity index (χ2n) is 2.39. The van der Waals surface area contributed by atoms with Crippen LogP contribution in [0.2, 0.25) is 0 Å². The SMILES string of the molecule is CC(Cl)CCC(C)Cl.O=[P+](O)O. The van der Waals surface area contributed by atoms with Crippen LogP contribution in [0.1, 0.15) is 26.7 Å². The van der Waals surface area contributed by atoms with Gasteiger partial charge in [-0.1, -0.05) is 0 Å². The molecule has 74 valence electrons. The number of hydrogen-bond acceptors (Lipinski definition) is 1. The molecule has 3 nitrogen and oxygen atoms in total. The monoisotopic (exact) mass is 235 g/mol. The standard InChI is InChI=1S/C6H12Cl2.HO3P/c1-5(7)3-4-6(2)8;1-4(2)3/h5-6H,3-4H2,1-2H3;(H-,1,2,3)/p+1. The van der Waals surface area contributed by atoms with Crippen LogP contribution in [-0.2, 0) is 4.57 Å². The predicted octanol–water partition coefficient (Wildman–Crippen LogP) is 2.65. The summed E-state index contributed by atoms with van der Waals surface area (Å²) in [5.74, 6) is 0. The van der Waals surface area contributed by atoms with E-state index < -0.39 is 8.25 Å². The normalized spacial score (nSPS) is 14.2. The van der Waals surface area contributed by atoms with Crippen LogP contribution in [0.5, 0.6) is 0 Å². The van der Waals surface area contributed by atoms with Gasteiger partial charge in [0.05, 0.1) is 0 Å². The minimum atomic E-state index is -2.87. The third-order valence-electron chi connectivity index (χ3n) is 0.962. The van der Waals surface area contributed by atoms with E-state index in [1.165, 1.54) is 0 Å². The molecular weight excluding hydrogens is 222 g/mol. The summed E-state index contributed by atoms with van der Waals surface area (Å²) in [5.41, 5.74) is 0. The van der Waals surface area contributed by atoms with Crippen molar-refractivity contribution >= 4 is 31.5 Å². The molecule has 6 heteroatoms. The lowest BCUT2D eigenvalue weighted by atomic mass is 10.2. The lowest BCUT2D eigenvalue weighted by Gasteiger charge is -2.02. The maximum Gasteiger partial charge on any atom is 0.692 e. The molecule has 12 heavy (non-hydrogen) atoms. The predicted molar refractivity (Wildman–Crippen MR) is 51.9 cm³/mol. The largest absolute Gasteiger partial charge is 0.692 e.